The van der Waals surface area contributed by atoms with Crippen molar-refractivity contribution in [3.63, 3.8) is 0 Å². The van der Waals surface area contributed by atoms with E-state index in [9.17, 15) is 0 Å². The average Bonchev–Trinajstić information content (AvgIpc) is 3.29. The summed E-state index contributed by atoms with van der Waals surface area (Å²) in [5.74, 6) is 7.01. The number of pyridine rings is 1. The molecule has 2 fully saturated rings. The Morgan fingerprint density at radius 2 is 1.79 bits per heavy atom. The molecular formula is C22H24N2O4. The number of nitrogens with zero attached hydrogens (tertiary/aromatic N) is 2. The summed E-state index contributed by atoms with van der Waals surface area (Å²) in [5, 5.41) is 0. The smallest absolute Gasteiger partial charge is 0.205 e. The summed E-state index contributed by atoms with van der Waals surface area (Å²) in [4.78, 5) is 6.93. The molecule has 2 aliphatic rings. The van der Waals surface area contributed by atoms with E-state index >= 15 is 0 Å². The van der Waals surface area contributed by atoms with Crippen LogP contribution in [0.2, 0.25) is 0 Å². The van der Waals surface area contributed by atoms with Crippen LogP contribution < -0.4 is 4.74 Å². The molecule has 28 heavy (non-hydrogen) atoms. The molecule has 0 saturated carbocycles. The molecule has 146 valence electrons. The standard InChI is InChI=1S/C22H24N2O4/c1-2-5-18(6-3-1)17-28-20-9-8-19(23-21(20)22-26-15-16-27-22)7-4-10-24-11-13-25-14-12-24/h1-3,5-6,8-9,22H,10-17H2. The summed E-state index contributed by atoms with van der Waals surface area (Å²) < 4.78 is 22.7. The van der Waals surface area contributed by atoms with Gasteiger partial charge < -0.3 is 18.9 Å². The van der Waals surface area contributed by atoms with E-state index in [-0.39, 0.29) is 0 Å². The summed E-state index contributed by atoms with van der Waals surface area (Å²) in [6.07, 6.45) is -0.508. The van der Waals surface area contributed by atoms with E-state index in [2.05, 4.69) is 21.7 Å². The van der Waals surface area contributed by atoms with Gasteiger partial charge in [0.15, 0.2) is 0 Å². The van der Waals surface area contributed by atoms with Crippen molar-refractivity contribution in [1.29, 1.82) is 0 Å². The van der Waals surface area contributed by atoms with Gasteiger partial charge in [-0.15, -0.1) is 0 Å². The number of hydrogen-bond donors (Lipinski definition) is 0. The number of hydrogen-bond acceptors (Lipinski definition) is 6. The molecule has 2 saturated heterocycles. The highest BCUT2D eigenvalue weighted by Crippen LogP contribution is 2.30. The molecule has 6 nitrogen and oxygen atoms in total. The molecule has 2 aliphatic heterocycles. The fraction of sp³-hybridized carbons (Fsp3) is 0.409. The van der Waals surface area contributed by atoms with E-state index in [1.807, 2.05) is 42.5 Å². The maximum Gasteiger partial charge on any atom is 0.205 e. The van der Waals surface area contributed by atoms with E-state index in [0.29, 0.717) is 43.5 Å². The minimum Gasteiger partial charge on any atom is -0.487 e. The molecule has 0 bridgehead atoms. The molecule has 1 aromatic carbocycles. The van der Waals surface area contributed by atoms with Crippen LogP contribution in [0.4, 0.5) is 0 Å². The van der Waals surface area contributed by atoms with Gasteiger partial charge >= 0.3 is 0 Å². The average molecular weight is 380 g/mol. The molecule has 0 atom stereocenters. The number of ether oxygens (including phenoxy) is 4. The molecule has 0 spiro atoms. The second-order valence-corrected chi connectivity index (χ2v) is 6.62. The second-order valence-electron chi connectivity index (χ2n) is 6.62. The van der Waals surface area contributed by atoms with Gasteiger partial charge in [0.05, 0.1) is 33.0 Å². The van der Waals surface area contributed by atoms with Gasteiger partial charge in [0.2, 0.25) is 6.29 Å². The number of rotatable bonds is 5. The predicted octanol–water partition coefficient (Wildman–Crippen LogP) is 2.39. The lowest BCUT2D eigenvalue weighted by Gasteiger charge is -2.24. The first-order chi connectivity index (χ1) is 13.9. The third-order valence-electron chi connectivity index (χ3n) is 4.59. The van der Waals surface area contributed by atoms with E-state index in [1.165, 1.54) is 0 Å². The van der Waals surface area contributed by atoms with E-state index in [1.54, 1.807) is 0 Å². The third kappa shape index (κ3) is 5.09. The Morgan fingerprint density at radius 3 is 2.57 bits per heavy atom. The molecule has 0 aliphatic carbocycles. The fourth-order valence-electron chi connectivity index (χ4n) is 3.08. The number of aromatic nitrogens is 1. The Hall–Kier alpha value is -2.43. The lowest BCUT2D eigenvalue weighted by molar-refractivity contribution is -0.0492. The number of benzene rings is 1. The van der Waals surface area contributed by atoms with Gasteiger partial charge in [-0.05, 0) is 23.6 Å². The van der Waals surface area contributed by atoms with Crippen LogP contribution in [0, 0.1) is 11.8 Å². The van der Waals surface area contributed by atoms with Gasteiger partial charge in [0, 0.05) is 13.1 Å². The molecule has 6 heteroatoms. The Labute approximate surface area is 165 Å². The first kappa shape index (κ1) is 18.9. The second kappa shape index (κ2) is 9.67. The first-order valence-electron chi connectivity index (χ1n) is 9.58. The van der Waals surface area contributed by atoms with Crippen LogP contribution in [0.25, 0.3) is 0 Å². The highest BCUT2D eigenvalue weighted by Gasteiger charge is 2.24. The topological polar surface area (TPSA) is 53.0 Å². The van der Waals surface area contributed by atoms with Gasteiger partial charge in [-0.1, -0.05) is 36.3 Å². The molecular weight excluding hydrogens is 356 g/mol. The zero-order valence-electron chi connectivity index (χ0n) is 15.8. The van der Waals surface area contributed by atoms with Crippen molar-refractivity contribution < 1.29 is 18.9 Å². The predicted molar refractivity (Wildman–Crippen MR) is 104 cm³/mol. The monoisotopic (exact) mass is 380 g/mol. The third-order valence-corrected chi connectivity index (χ3v) is 4.59. The maximum atomic E-state index is 6.00. The van der Waals surface area contributed by atoms with Crippen molar-refractivity contribution in [2.75, 3.05) is 46.1 Å². The van der Waals surface area contributed by atoms with Crippen molar-refractivity contribution in [3.05, 3.63) is 59.4 Å². The zero-order valence-corrected chi connectivity index (χ0v) is 15.8. The zero-order chi connectivity index (χ0) is 19.0. The molecule has 4 rings (SSSR count). The Bertz CT molecular complexity index is 819. The summed E-state index contributed by atoms with van der Waals surface area (Å²) in [5.41, 5.74) is 2.43. The van der Waals surface area contributed by atoms with Gasteiger partial charge in [0.25, 0.3) is 0 Å². The van der Waals surface area contributed by atoms with Crippen LogP contribution in [-0.4, -0.2) is 55.9 Å². The van der Waals surface area contributed by atoms with Crippen molar-refractivity contribution in [3.8, 4) is 17.6 Å². The molecule has 0 N–H and O–H groups in total. The first-order valence-corrected chi connectivity index (χ1v) is 9.58. The van der Waals surface area contributed by atoms with Crippen LogP contribution >= 0.6 is 0 Å². The van der Waals surface area contributed by atoms with Gasteiger partial charge in [0.1, 0.15) is 23.7 Å². The van der Waals surface area contributed by atoms with Crippen LogP contribution in [-0.2, 0) is 20.8 Å². The molecule has 1 aromatic heterocycles. The lowest BCUT2D eigenvalue weighted by atomic mass is 10.2. The van der Waals surface area contributed by atoms with Gasteiger partial charge in [-0.2, -0.15) is 0 Å². The quantitative estimate of drug-likeness (QED) is 0.743. The van der Waals surface area contributed by atoms with Crippen molar-refractivity contribution in [2.45, 2.75) is 12.9 Å². The Balaban J connectivity index is 1.47. The molecule has 0 amide bonds. The van der Waals surface area contributed by atoms with E-state index in [0.717, 1.165) is 31.9 Å². The fourth-order valence-corrected chi connectivity index (χ4v) is 3.08. The SMILES string of the molecule is C(#Cc1ccc(OCc2ccccc2)c(C2OCCO2)n1)CN1CCOCC1. The lowest BCUT2D eigenvalue weighted by Crippen LogP contribution is -2.36. The van der Waals surface area contributed by atoms with Crippen LogP contribution in [0.1, 0.15) is 23.2 Å². The van der Waals surface area contributed by atoms with E-state index in [4.69, 9.17) is 18.9 Å². The molecule has 0 unspecified atom stereocenters. The summed E-state index contributed by atoms with van der Waals surface area (Å²) >= 11 is 0. The highest BCUT2D eigenvalue weighted by molar-refractivity contribution is 5.37. The number of morpholine rings is 1. The molecule has 2 aromatic rings. The normalized spacial score (nSPS) is 17.9. The van der Waals surface area contributed by atoms with E-state index < -0.39 is 6.29 Å². The minimum atomic E-state index is -0.508. The van der Waals surface area contributed by atoms with Crippen LogP contribution in [0.5, 0.6) is 5.75 Å². The maximum absolute atomic E-state index is 6.00. The molecule has 0 radical (unpaired) electrons. The largest absolute Gasteiger partial charge is 0.487 e. The van der Waals surface area contributed by atoms with Gasteiger partial charge in [-0.3, -0.25) is 4.90 Å². The molecule has 3 heterocycles. The Kier molecular flexibility index (Phi) is 6.53. The summed E-state index contributed by atoms with van der Waals surface area (Å²) in [6, 6.07) is 13.8. The van der Waals surface area contributed by atoms with Crippen molar-refractivity contribution in [2.24, 2.45) is 0 Å². The Morgan fingerprint density at radius 1 is 1.00 bits per heavy atom. The van der Waals surface area contributed by atoms with Crippen LogP contribution in [0.15, 0.2) is 42.5 Å². The van der Waals surface area contributed by atoms with Crippen molar-refractivity contribution >= 4 is 0 Å². The van der Waals surface area contributed by atoms with Crippen molar-refractivity contribution in [1.82, 2.24) is 9.88 Å². The minimum absolute atomic E-state index is 0.463. The highest BCUT2D eigenvalue weighted by atomic mass is 16.7. The van der Waals surface area contributed by atoms with Gasteiger partial charge in [-0.25, -0.2) is 4.98 Å². The van der Waals surface area contributed by atoms with Crippen LogP contribution in [0.3, 0.4) is 0 Å². The summed E-state index contributed by atoms with van der Waals surface area (Å²) in [6.45, 7) is 5.66. The summed E-state index contributed by atoms with van der Waals surface area (Å²) in [7, 11) is 0.